The van der Waals surface area contributed by atoms with E-state index in [-0.39, 0.29) is 11.9 Å². The molecule has 2 N–H and O–H groups in total. The first-order valence-electron chi connectivity index (χ1n) is 10.0. The number of amides is 3. The van der Waals surface area contributed by atoms with Crippen LogP contribution in [0.3, 0.4) is 0 Å². The third kappa shape index (κ3) is 4.11. The van der Waals surface area contributed by atoms with Gasteiger partial charge in [0.05, 0.1) is 23.9 Å². The van der Waals surface area contributed by atoms with Crippen molar-refractivity contribution in [2.24, 2.45) is 0 Å². The van der Waals surface area contributed by atoms with Gasteiger partial charge in [0.15, 0.2) is 0 Å². The van der Waals surface area contributed by atoms with Crippen LogP contribution in [0.4, 0.5) is 4.79 Å². The highest BCUT2D eigenvalue weighted by molar-refractivity contribution is 6.01. The van der Waals surface area contributed by atoms with E-state index in [1.807, 2.05) is 59.5 Å². The van der Waals surface area contributed by atoms with Crippen molar-refractivity contribution >= 4 is 11.9 Å². The number of rotatable bonds is 7. The van der Waals surface area contributed by atoms with E-state index in [4.69, 9.17) is 4.74 Å². The smallest absolute Gasteiger partial charge is 0.319 e. The largest absolute Gasteiger partial charge is 0.489 e. The Labute approximate surface area is 170 Å². The lowest BCUT2D eigenvalue weighted by atomic mass is 9.96. The minimum Gasteiger partial charge on any atom is -0.489 e. The number of hydrogen-bond donors (Lipinski definition) is 2. The number of hydrogen-bond acceptors (Lipinski definition) is 3. The lowest BCUT2D eigenvalue weighted by molar-refractivity contribution is -0.125. The van der Waals surface area contributed by atoms with E-state index in [2.05, 4.69) is 17.6 Å². The van der Waals surface area contributed by atoms with Crippen LogP contribution >= 0.6 is 0 Å². The quantitative estimate of drug-likeness (QED) is 0.759. The molecule has 0 saturated heterocycles. The Balaban J connectivity index is 1.49. The van der Waals surface area contributed by atoms with Gasteiger partial charge in [-0.3, -0.25) is 4.79 Å². The summed E-state index contributed by atoms with van der Waals surface area (Å²) in [6, 6.07) is 16.8. The number of benzene rings is 2. The molecule has 0 aliphatic carbocycles. The third-order valence-electron chi connectivity index (χ3n) is 5.26. The minimum atomic E-state index is -0.443. The molecule has 6 heteroatoms. The van der Waals surface area contributed by atoms with E-state index >= 15 is 0 Å². The van der Waals surface area contributed by atoms with Crippen molar-refractivity contribution in [3.05, 3.63) is 77.0 Å². The number of urea groups is 1. The topological polar surface area (TPSA) is 70.7 Å². The molecule has 1 atom stereocenters. The monoisotopic (exact) mass is 391 g/mol. The maximum atomic E-state index is 12.9. The highest BCUT2D eigenvalue weighted by Crippen LogP contribution is 2.33. The first kappa shape index (κ1) is 19.1. The molecule has 0 saturated carbocycles. The van der Waals surface area contributed by atoms with Crippen molar-refractivity contribution in [2.45, 2.75) is 32.4 Å². The van der Waals surface area contributed by atoms with Crippen LogP contribution in [0.5, 0.6) is 5.75 Å². The van der Waals surface area contributed by atoms with Gasteiger partial charge in [-0.05, 0) is 29.7 Å². The van der Waals surface area contributed by atoms with E-state index in [1.165, 1.54) is 0 Å². The fraction of sp³-hybridized carbons (Fsp3) is 0.304. The Hall–Kier alpha value is -3.28. The molecular formula is C23H25N3O3. The van der Waals surface area contributed by atoms with Crippen LogP contribution in [0, 0.1) is 0 Å². The summed E-state index contributed by atoms with van der Waals surface area (Å²) >= 11 is 0. The molecule has 3 amide bonds. The van der Waals surface area contributed by atoms with Crippen molar-refractivity contribution < 1.29 is 14.3 Å². The summed E-state index contributed by atoms with van der Waals surface area (Å²) in [4.78, 5) is 26.9. The molecule has 0 fully saturated rings. The van der Waals surface area contributed by atoms with Gasteiger partial charge in [-0.25, -0.2) is 4.79 Å². The molecule has 0 bridgehead atoms. The standard InChI is InChI=1S/C23H25N3O3/c1-2-3-13-26-14-19-20(22(26)27)21(25-23(28)24-19)17-9-11-18(12-10-17)29-15-16-7-5-4-6-8-16/h4-12,21H,2-3,13-15H2,1H3,(H2,24,25,28). The van der Waals surface area contributed by atoms with E-state index in [0.717, 1.165) is 29.7 Å². The van der Waals surface area contributed by atoms with Gasteiger partial charge in [0.25, 0.3) is 5.91 Å². The summed E-state index contributed by atoms with van der Waals surface area (Å²) in [7, 11) is 0. The minimum absolute atomic E-state index is 0.00430. The van der Waals surface area contributed by atoms with Crippen molar-refractivity contribution in [1.29, 1.82) is 0 Å². The van der Waals surface area contributed by atoms with Crippen LogP contribution in [0.15, 0.2) is 65.9 Å². The van der Waals surface area contributed by atoms with Gasteiger partial charge in [-0.1, -0.05) is 55.8 Å². The normalized spacial score (nSPS) is 18.4. The molecule has 2 heterocycles. The van der Waals surface area contributed by atoms with Gasteiger partial charge in [0.2, 0.25) is 0 Å². The van der Waals surface area contributed by atoms with Gasteiger partial charge < -0.3 is 20.3 Å². The highest BCUT2D eigenvalue weighted by Gasteiger charge is 2.39. The Morgan fingerprint density at radius 3 is 2.55 bits per heavy atom. The number of nitrogens with one attached hydrogen (secondary N) is 2. The Kier molecular flexibility index (Phi) is 5.51. The first-order chi connectivity index (χ1) is 14.2. The van der Waals surface area contributed by atoms with Gasteiger partial charge in [-0.15, -0.1) is 0 Å². The van der Waals surface area contributed by atoms with E-state index in [9.17, 15) is 9.59 Å². The van der Waals surface area contributed by atoms with E-state index < -0.39 is 6.04 Å². The number of ether oxygens (including phenoxy) is 1. The average molecular weight is 391 g/mol. The third-order valence-corrected chi connectivity index (χ3v) is 5.26. The lowest BCUT2D eigenvalue weighted by Crippen LogP contribution is -2.44. The molecule has 2 aliphatic rings. The lowest BCUT2D eigenvalue weighted by Gasteiger charge is -2.25. The van der Waals surface area contributed by atoms with Crippen LogP contribution in [-0.4, -0.2) is 29.9 Å². The second-order valence-corrected chi connectivity index (χ2v) is 7.35. The SMILES string of the molecule is CCCCN1CC2=C(C1=O)C(c1ccc(OCc3ccccc3)cc1)NC(=O)N2. The van der Waals surface area contributed by atoms with Crippen molar-refractivity contribution in [1.82, 2.24) is 15.5 Å². The summed E-state index contributed by atoms with van der Waals surface area (Å²) in [6.07, 6.45) is 1.97. The van der Waals surface area contributed by atoms with Gasteiger partial charge in [0.1, 0.15) is 12.4 Å². The zero-order chi connectivity index (χ0) is 20.2. The second kappa shape index (κ2) is 8.39. The Bertz CT molecular complexity index is 922. The first-order valence-corrected chi connectivity index (χ1v) is 10.0. The van der Waals surface area contributed by atoms with Crippen LogP contribution in [-0.2, 0) is 11.4 Å². The number of unbranched alkanes of at least 4 members (excludes halogenated alkanes) is 1. The van der Waals surface area contributed by atoms with Gasteiger partial charge in [-0.2, -0.15) is 0 Å². The molecule has 0 radical (unpaired) electrons. The molecule has 150 valence electrons. The van der Waals surface area contributed by atoms with Crippen molar-refractivity contribution in [3.63, 3.8) is 0 Å². The number of nitrogens with zero attached hydrogens (tertiary/aromatic N) is 1. The molecule has 1 unspecified atom stereocenters. The highest BCUT2D eigenvalue weighted by atomic mass is 16.5. The number of carbonyl (C=O) groups excluding carboxylic acids is 2. The maximum absolute atomic E-state index is 12.9. The van der Waals surface area contributed by atoms with E-state index in [1.54, 1.807) is 0 Å². The van der Waals surface area contributed by atoms with Crippen molar-refractivity contribution in [3.8, 4) is 5.75 Å². The average Bonchev–Trinajstić information content (AvgIpc) is 3.06. The molecule has 2 aromatic carbocycles. The van der Waals surface area contributed by atoms with E-state index in [0.29, 0.717) is 31.0 Å². The maximum Gasteiger partial charge on any atom is 0.319 e. The fourth-order valence-corrected chi connectivity index (χ4v) is 3.71. The summed E-state index contributed by atoms with van der Waals surface area (Å²) in [5, 5.41) is 5.70. The van der Waals surface area contributed by atoms with Crippen molar-refractivity contribution in [2.75, 3.05) is 13.1 Å². The Morgan fingerprint density at radius 2 is 1.83 bits per heavy atom. The second-order valence-electron chi connectivity index (χ2n) is 7.35. The molecule has 2 aromatic rings. The fourth-order valence-electron chi connectivity index (χ4n) is 3.71. The van der Waals surface area contributed by atoms with Gasteiger partial charge in [0, 0.05) is 6.54 Å². The molecule has 2 aliphatic heterocycles. The Morgan fingerprint density at radius 1 is 1.07 bits per heavy atom. The van der Waals surface area contributed by atoms with Crippen LogP contribution in [0.25, 0.3) is 0 Å². The summed E-state index contributed by atoms with van der Waals surface area (Å²) in [6.45, 7) is 3.76. The summed E-state index contributed by atoms with van der Waals surface area (Å²) < 4.78 is 5.84. The van der Waals surface area contributed by atoms with Gasteiger partial charge >= 0.3 is 6.03 Å². The molecular weight excluding hydrogens is 366 g/mol. The molecule has 6 nitrogen and oxygen atoms in total. The summed E-state index contributed by atoms with van der Waals surface area (Å²) in [5.41, 5.74) is 3.31. The molecule has 29 heavy (non-hydrogen) atoms. The predicted molar refractivity (Wildman–Crippen MR) is 110 cm³/mol. The predicted octanol–water partition coefficient (Wildman–Crippen LogP) is 3.52. The molecule has 4 rings (SSSR count). The zero-order valence-corrected chi connectivity index (χ0v) is 16.5. The summed E-state index contributed by atoms with van der Waals surface area (Å²) in [5.74, 6) is 0.741. The molecule has 0 spiro atoms. The van der Waals surface area contributed by atoms with Crippen LogP contribution in [0.1, 0.15) is 36.9 Å². The van der Waals surface area contributed by atoms with Crippen LogP contribution < -0.4 is 15.4 Å². The van der Waals surface area contributed by atoms with Crippen LogP contribution in [0.2, 0.25) is 0 Å². The number of carbonyl (C=O) groups is 2. The zero-order valence-electron chi connectivity index (χ0n) is 16.5. The molecule has 0 aromatic heterocycles.